The lowest BCUT2D eigenvalue weighted by Crippen LogP contribution is -2.28. The molecule has 1 aromatic carbocycles. The number of para-hydroxylation sites is 1. The number of hydroxylamine groups is 1. The van der Waals surface area contributed by atoms with Crippen LogP contribution in [-0.4, -0.2) is 32.4 Å². The molecule has 0 aliphatic heterocycles. The van der Waals surface area contributed by atoms with Gasteiger partial charge in [0, 0.05) is 5.39 Å². The number of aliphatic hydroxyl groups is 1. The molecule has 0 radical (unpaired) electrons. The number of hydrogen-bond donors (Lipinski definition) is 3. The van der Waals surface area contributed by atoms with E-state index in [4.69, 9.17) is 10.6 Å². The molecule has 0 unspecified atom stereocenters. The first-order valence-electron chi connectivity index (χ1n) is 7.42. The van der Waals surface area contributed by atoms with Crippen LogP contribution in [0.1, 0.15) is 19.7 Å². The Morgan fingerprint density at radius 1 is 1.30 bits per heavy atom. The average molecular weight is 315 g/mol. The fraction of sp³-hybridized carbons (Fsp3) is 0.375. The van der Waals surface area contributed by atoms with Crippen molar-refractivity contribution in [2.75, 3.05) is 12.8 Å². The maximum Gasteiger partial charge on any atom is 0.152 e. The van der Waals surface area contributed by atoms with Gasteiger partial charge in [0.2, 0.25) is 0 Å². The molecule has 4 N–H and O–H groups in total. The predicted molar refractivity (Wildman–Crippen MR) is 89.6 cm³/mol. The molecule has 0 spiro atoms. The van der Waals surface area contributed by atoms with Gasteiger partial charge in [0.1, 0.15) is 11.3 Å². The van der Waals surface area contributed by atoms with Gasteiger partial charge in [-0.2, -0.15) is 5.48 Å². The highest BCUT2D eigenvalue weighted by atomic mass is 16.6. The van der Waals surface area contributed by atoms with Crippen molar-refractivity contribution in [1.29, 1.82) is 0 Å². The van der Waals surface area contributed by atoms with Crippen LogP contribution in [-0.2, 0) is 17.9 Å². The van der Waals surface area contributed by atoms with Crippen LogP contribution in [0.2, 0.25) is 0 Å². The van der Waals surface area contributed by atoms with E-state index in [0.29, 0.717) is 24.4 Å². The molecule has 7 heteroatoms. The lowest BCUT2D eigenvalue weighted by Gasteiger charge is -2.20. The summed E-state index contributed by atoms with van der Waals surface area (Å²) in [5.41, 5.74) is 10.3. The number of aromatic nitrogens is 3. The number of imidazole rings is 1. The number of pyridine rings is 1. The molecule has 0 aliphatic rings. The van der Waals surface area contributed by atoms with Gasteiger partial charge < -0.3 is 20.2 Å². The Hall–Kier alpha value is -2.22. The fourth-order valence-electron chi connectivity index (χ4n) is 2.73. The number of nitrogens with one attached hydrogen (secondary N) is 1. The third kappa shape index (κ3) is 2.98. The van der Waals surface area contributed by atoms with Gasteiger partial charge in [-0.3, -0.25) is 0 Å². The van der Waals surface area contributed by atoms with E-state index in [1.165, 1.54) is 0 Å². The third-order valence-corrected chi connectivity index (χ3v) is 3.61. The highest BCUT2D eigenvalue weighted by Crippen LogP contribution is 2.29. The van der Waals surface area contributed by atoms with Crippen molar-refractivity contribution in [2.24, 2.45) is 0 Å². The van der Waals surface area contributed by atoms with Crippen molar-refractivity contribution < 1.29 is 9.94 Å². The standard InChI is InChI=1S/C16H21N5O2/c1-16(2,22)9-21-12(8-18-23-3)20-13-14(21)10-6-4-5-7-11(10)19-15(13)17/h4-7,18,22H,8-9H2,1-3H3,(H2,17,19). The van der Waals surface area contributed by atoms with Gasteiger partial charge in [0.05, 0.1) is 36.8 Å². The Morgan fingerprint density at radius 3 is 2.74 bits per heavy atom. The van der Waals surface area contributed by atoms with Crippen LogP contribution in [0, 0.1) is 0 Å². The monoisotopic (exact) mass is 315 g/mol. The summed E-state index contributed by atoms with van der Waals surface area (Å²) in [4.78, 5) is 14.0. The number of rotatable bonds is 5. The maximum atomic E-state index is 10.3. The molecule has 0 bridgehead atoms. The second-order valence-corrected chi connectivity index (χ2v) is 6.16. The van der Waals surface area contributed by atoms with Crippen LogP contribution in [0.3, 0.4) is 0 Å². The summed E-state index contributed by atoms with van der Waals surface area (Å²) in [5, 5.41) is 11.2. The molecule has 7 nitrogen and oxygen atoms in total. The minimum absolute atomic E-state index is 0.381. The van der Waals surface area contributed by atoms with Gasteiger partial charge in [-0.1, -0.05) is 18.2 Å². The van der Waals surface area contributed by atoms with Crippen molar-refractivity contribution in [2.45, 2.75) is 32.5 Å². The van der Waals surface area contributed by atoms with Crippen LogP contribution >= 0.6 is 0 Å². The first kappa shape index (κ1) is 15.7. The lowest BCUT2D eigenvalue weighted by molar-refractivity contribution is 0.0581. The highest BCUT2D eigenvalue weighted by Gasteiger charge is 2.22. The zero-order chi connectivity index (χ0) is 16.6. The lowest BCUT2D eigenvalue weighted by atomic mass is 10.1. The van der Waals surface area contributed by atoms with E-state index >= 15 is 0 Å². The second-order valence-electron chi connectivity index (χ2n) is 6.16. The van der Waals surface area contributed by atoms with Gasteiger partial charge in [-0.05, 0) is 19.9 Å². The van der Waals surface area contributed by atoms with E-state index in [0.717, 1.165) is 22.2 Å². The van der Waals surface area contributed by atoms with Crippen LogP contribution in [0.25, 0.3) is 21.9 Å². The Morgan fingerprint density at radius 2 is 2.04 bits per heavy atom. The van der Waals surface area contributed by atoms with E-state index in [1.54, 1.807) is 21.0 Å². The Bertz CT molecular complexity index is 851. The predicted octanol–water partition coefficient (Wildman–Crippen LogP) is 1.59. The van der Waals surface area contributed by atoms with Gasteiger partial charge in [0.25, 0.3) is 0 Å². The molecule has 0 amide bonds. The Kier molecular flexibility index (Phi) is 3.93. The molecule has 2 heterocycles. The van der Waals surface area contributed by atoms with Gasteiger partial charge >= 0.3 is 0 Å². The van der Waals surface area contributed by atoms with E-state index < -0.39 is 5.60 Å². The fourth-order valence-corrected chi connectivity index (χ4v) is 2.73. The number of fused-ring (bicyclic) bond motifs is 3. The molecule has 0 fully saturated rings. The van der Waals surface area contributed by atoms with E-state index in [9.17, 15) is 5.11 Å². The Balaban J connectivity index is 2.32. The molecule has 2 aromatic heterocycles. The molecular weight excluding hydrogens is 294 g/mol. The van der Waals surface area contributed by atoms with Crippen LogP contribution in [0.4, 0.5) is 5.82 Å². The van der Waals surface area contributed by atoms with Crippen LogP contribution in [0.15, 0.2) is 24.3 Å². The number of benzene rings is 1. The van der Waals surface area contributed by atoms with Gasteiger partial charge in [-0.15, -0.1) is 0 Å². The SMILES string of the molecule is CONCc1nc2c(N)nc3ccccc3c2n1CC(C)(C)O. The zero-order valence-electron chi connectivity index (χ0n) is 13.5. The summed E-state index contributed by atoms with van der Waals surface area (Å²) in [6.45, 7) is 4.31. The number of nitrogens with zero attached hydrogens (tertiary/aromatic N) is 3. The summed E-state index contributed by atoms with van der Waals surface area (Å²) in [5.74, 6) is 1.11. The number of nitrogens with two attached hydrogens (primary N) is 1. The quantitative estimate of drug-likeness (QED) is 0.619. The molecule has 3 aromatic rings. The highest BCUT2D eigenvalue weighted by molar-refractivity contribution is 6.06. The number of anilines is 1. The minimum Gasteiger partial charge on any atom is -0.389 e. The first-order valence-corrected chi connectivity index (χ1v) is 7.42. The van der Waals surface area contributed by atoms with Crippen LogP contribution in [0.5, 0.6) is 0 Å². The average Bonchev–Trinajstić information content (AvgIpc) is 2.83. The largest absolute Gasteiger partial charge is 0.389 e. The van der Waals surface area contributed by atoms with E-state index in [-0.39, 0.29) is 0 Å². The minimum atomic E-state index is -0.894. The third-order valence-electron chi connectivity index (χ3n) is 3.61. The maximum absolute atomic E-state index is 10.3. The molecule has 122 valence electrons. The van der Waals surface area contributed by atoms with E-state index in [2.05, 4.69) is 15.4 Å². The van der Waals surface area contributed by atoms with Gasteiger partial charge in [0.15, 0.2) is 5.82 Å². The molecule has 0 aliphatic carbocycles. The molecule has 23 heavy (non-hydrogen) atoms. The number of nitrogen functional groups attached to an aromatic ring is 1. The molecular formula is C16H21N5O2. The first-order chi connectivity index (χ1) is 10.9. The van der Waals surface area contributed by atoms with Crippen molar-refractivity contribution in [1.82, 2.24) is 20.0 Å². The molecule has 3 rings (SSSR count). The van der Waals surface area contributed by atoms with Crippen molar-refractivity contribution >= 4 is 27.8 Å². The Labute approximate surface area is 134 Å². The second kappa shape index (κ2) is 5.77. The molecule has 0 saturated heterocycles. The molecule has 0 saturated carbocycles. The smallest absolute Gasteiger partial charge is 0.152 e. The van der Waals surface area contributed by atoms with Crippen LogP contribution < -0.4 is 11.2 Å². The number of hydrogen-bond acceptors (Lipinski definition) is 6. The summed E-state index contributed by atoms with van der Waals surface area (Å²) in [6.07, 6.45) is 0. The van der Waals surface area contributed by atoms with E-state index in [1.807, 2.05) is 28.8 Å². The van der Waals surface area contributed by atoms with Crippen molar-refractivity contribution in [3.05, 3.63) is 30.1 Å². The summed E-state index contributed by atoms with van der Waals surface area (Å²) >= 11 is 0. The molecule has 0 atom stereocenters. The zero-order valence-corrected chi connectivity index (χ0v) is 13.5. The van der Waals surface area contributed by atoms with Crippen molar-refractivity contribution in [3.63, 3.8) is 0 Å². The topological polar surface area (TPSA) is 98.2 Å². The van der Waals surface area contributed by atoms with Gasteiger partial charge in [-0.25, -0.2) is 9.97 Å². The summed E-state index contributed by atoms with van der Waals surface area (Å²) in [7, 11) is 1.55. The summed E-state index contributed by atoms with van der Waals surface area (Å²) in [6, 6.07) is 7.78. The van der Waals surface area contributed by atoms with Crippen molar-refractivity contribution in [3.8, 4) is 0 Å². The summed E-state index contributed by atoms with van der Waals surface area (Å²) < 4.78 is 1.97. The normalized spacial score (nSPS) is 12.3.